The van der Waals surface area contributed by atoms with Crippen LogP contribution in [0.2, 0.25) is 0 Å². The molecule has 0 saturated heterocycles. The van der Waals surface area contributed by atoms with Crippen molar-refractivity contribution in [3.63, 3.8) is 0 Å². The van der Waals surface area contributed by atoms with Crippen LogP contribution in [0.1, 0.15) is 32.0 Å². The molecule has 0 spiro atoms. The van der Waals surface area contributed by atoms with E-state index in [-0.39, 0.29) is 36.8 Å². The van der Waals surface area contributed by atoms with Crippen LogP contribution in [0.5, 0.6) is 11.5 Å². The van der Waals surface area contributed by atoms with E-state index >= 15 is 0 Å². The topological polar surface area (TPSA) is 147 Å². The zero-order valence-corrected chi connectivity index (χ0v) is 19.5. The summed E-state index contributed by atoms with van der Waals surface area (Å²) in [6.45, 7) is 0.516. The highest BCUT2D eigenvalue weighted by Crippen LogP contribution is 2.29. The molecule has 2 aromatic carbocycles. The molecular formula is C26H22N6O5. The van der Waals surface area contributed by atoms with Crippen molar-refractivity contribution in [3.05, 3.63) is 77.4 Å². The average molecular weight is 498 g/mol. The van der Waals surface area contributed by atoms with E-state index in [1.165, 1.54) is 12.5 Å². The maximum absolute atomic E-state index is 12.9. The van der Waals surface area contributed by atoms with Crippen LogP contribution in [0.25, 0.3) is 11.0 Å². The molecule has 4 heterocycles. The first-order valence-corrected chi connectivity index (χ1v) is 11.7. The van der Waals surface area contributed by atoms with Crippen molar-refractivity contribution in [2.24, 2.45) is 0 Å². The summed E-state index contributed by atoms with van der Waals surface area (Å²) in [6, 6.07) is 13.1. The average Bonchev–Trinajstić information content (AvgIpc) is 3.54. The summed E-state index contributed by atoms with van der Waals surface area (Å²) in [5.74, 6) is 0.425. The van der Waals surface area contributed by atoms with Crippen LogP contribution in [0.15, 0.2) is 55.0 Å². The number of benzene rings is 2. The van der Waals surface area contributed by atoms with Gasteiger partial charge >= 0.3 is 0 Å². The largest absolute Gasteiger partial charge is 0.488 e. The summed E-state index contributed by atoms with van der Waals surface area (Å²) >= 11 is 0. The molecule has 6 rings (SSSR count). The van der Waals surface area contributed by atoms with E-state index in [1.54, 1.807) is 18.2 Å². The molecule has 1 atom stereocenters. The molecule has 186 valence electrons. The van der Waals surface area contributed by atoms with Crippen LogP contribution in [0.3, 0.4) is 0 Å². The van der Waals surface area contributed by atoms with Crippen LogP contribution in [-0.4, -0.2) is 51.9 Å². The second kappa shape index (κ2) is 9.26. The molecule has 2 aliphatic rings. The molecule has 11 nitrogen and oxygen atoms in total. The molecule has 0 saturated carbocycles. The Kier molecular flexibility index (Phi) is 5.64. The normalized spacial score (nSPS) is 15.7. The molecule has 4 N–H and O–H groups in total. The number of H-pyrrole nitrogens is 1. The van der Waals surface area contributed by atoms with Crippen LogP contribution in [0.4, 0.5) is 5.69 Å². The molecular weight excluding hydrogens is 476 g/mol. The first kappa shape index (κ1) is 22.5. The lowest BCUT2D eigenvalue weighted by molar-refractivity contribution is -0.118. The molecule has 11 heteroatoms. The lowest BCUT2D eigenvalue weighted by Gasteiger charge is -2.18. The quantitative estimate of drug-likeness (QED) is 0.318. The Hall–Kier alpha value is -4.93. The zero-order chi connectivity index (χ0) is 25.4. The van der Waals surface area contributed by atoms with Crippen LogP contribution in [0, 0.1) is 0 Å². The number of amides is 3. The number of nitrogens with zero attached hydrogens (tertiary/aromatic N) is 2. The van der Waals surface area contributed by atoms with Crippen LogP contribution in [-0.2, 0) is 17.8 Å². The Labute approximate surface area is 210 Å². The number of carbonyl (C=O) groups is 3. The number of carbonyl (C=O) groups excluding carboxylic acids is 3. The summed E-state index contributed by atoms with van der Waals surface area (Å²) in [5, 5.41) is 8.45. The highest BCUT2D eigenvalue weighted by Gasteiger charge is 2.24. The highest BCUT2D eigenvalue weighted by atomic mass is 16.5. The fourth-order valence-electron chi connectivity index (χ4n) is 4.46. The molecule has 4 aromatic rings. The number of aromatic amines is 1. The van der Waals surface area contributed by atoms with Gasteiger partial charge in [-0.25, -0.2) is 9.97 Å². The second-order valence-corrected chi connectivity index (χ2v) is 8.76. The first-order chi connectivity index (χ1) is 18.0. The van der Waals surface area contributed by atoms with Gasteiger partial charge in [-0.05, 0) is 29.3 Å². The minimum absolute atomic E-state index is 0.0222. The maximum atomic E-state index is 12.9. The third-order valence-corrected chi connectivity index (χ3v) is 6.26. The van der Waals surface area contributed by atoms with Gasteiger partial charge in [0.15, 0.2) is 12.3 Å². The molecule has 0 fully saturated rings. The van der Waals surface area contributed by atoms with E-state index in [2.05, 4.69) is 30.9 Å². The van der Waals surface area contributed by atoms with Crippen molar-refractivity contribution in [1.29, 1.82) is 0 Å². The fourth-order valence-corrected chi connectivity index (χ4v) is 4.46. The smallest absolute Gasteiger partial charge is 0.272 e. The van der Waals surface area contributed by atoms with Gasteiger partial charge in [-0.2, -0.15) is 0 Å². The van der Waals surface area contributed by atoms with Crippen LogP contribution >= 0.6 is 0 Å². The van der Waals surface area contributed by atoms with Crippen molar-refractivity contribution in [2.75, 3.05) is 18.5 Å². The zero-order valence-electron chi connectivity index (χ0n) is 19.5. The molecule has 0 aliphatic carbocycles. The molecule has 2 aromatic heterocycles. The van der Waals surface area contributed by atoms with Gasteiger partial charge in [0.2, 0.25) is 0 Å². The van der Waals surface area contributed by atoms with Gasteiger partial charge < -0.3 is 30.4 Å². The Morgan fingerprint density at radius 2 is 1.95 bits per heavy atom. The van der Waals surface area contributed by atoms with Gasteiger partial charge in [0.25, 0.3) is 17.7 Å². The predicted octanol–water partition coefficient (Wildman–Crippen LogP) is 1.95. The minimum atomic E-state index is -0.434. The predicted molar refractivity (Wildman–Crippen MR) is 133 cm³/mol. The summed E-state index contributed by atoms with van der Waals surface area (Å²) < 4.78 is 11.2. The molecule has 0 bridgehead atoms. The Balaban J connectivity index is 1.12. The van der Waals surface area contributed by atoms with Gasteiger partial charge in [-0.3, -0.25) is 14.4 Å². The number of ether oxygens (including phenoxy) is 2. The molecule has 0 radical (unpaired) electrons. The van der Waals surface area contributed by atoms with Gasteiger partial charge in [0.05, 0.1) is 23.3 Å². The van der Waals surface area contributed by atoms with Gasteiger partial charge in [0, 0.05) is 19.2 Å². The number of hydrogen-bond acceptors (Lipinski definition) is 7. The minimum Gasteiger partial charge on any atom is -0.488 e. The van der Waals surface area contributed by atoms with E-state index < -0.39 is 5.91 Å². The van der Waals surface area contributed by atoms with Gasteiger partial charge in [-0.15, -0.1) is 0 Å². The van der Waals surface area contributed by atoms with Crippen molar-refractivity contribution in [2.45, 2.75) is 19.1 Å². The third kappa shape index (κ3) is 4.42. The summed E-state index contributed by atoms with van der Waals surface area (Å²) in [4.78, 5) is 48.7. The Bertz CT molecular complexity index is 1520. The number of para-hydroxylation sites is 1. The molecule has 1 unspecified atom stereocenters. The summed E-state index contributed by atoms with van der Waals surface area (Å²) in [5.41, 5.74) is 3.58. The monoisotopic (exact) mass is 498 g/mol. The first-order valence-electron chi connectivity index (χ1n) is 11.7. The number of rotatable bonds is 6. The van der Waals surface area contributed by atoms with Gasteiger partial charge in [0.1, 0.15) is 29.4 Å². The fraction of sp³-hybridized carbons (Fsp3) is 0.192. The number of aromatic nitrogens is 3. The Morgan fingerprint density at radius 1 is 1.05 bits per heavy atom. The SMILES string of the molecule is O=C1COc2ccc(CNC(=O)c3ncnc4c(C(=O)NCC5Cc6ccccc6O5)c[nH]c34)cc2N1. The van der Waals surface area contributed by atoms with Crippen molar-refractivity contribution in [1.82, 2.24) is 25.6 Å². The number of fused-ring (bicyclic) bond motifs is 3. The summed E-state index contributed by atoms with van der Waals surface area (Å²) in [7, 11) is 0. The van der Waals surface area contributed by atoms with Crippen molar-refractivity contribution < 1.29 is 23.9 Å². The maximum Gasteiger partial charge on any atom is 0.272 e. The number of nitrogens with one attached hydrogen (secondary N) is 4. The molecule has 37 heavy (non-hydrogen) atoms. The molecule has 2 aliphatic heterocycles. The van der Waals surface area contributed by atoms with Crippen molar-refractivity contribution in [3.8, 4) is 11.5 Å². The lowest BCUT2D eigenvalue weighted by Crippen LogP contribution is -2.34. The second-order valence-electron chi connectivity index (χ2n) is 8.76. The molecule has 3 amide bonds. The van der Waals surface area contributed by atoms with E-state index in [1.807, 2.05) is 24.3 Å². The van der Waals surface area contributed by atoms with E-state index in [4.69, 9.17) is 9.47 Å². The lowest BCUT2D eigenvalue weighted by atomic mass is 10.1. The van der Waals surface area contributed by atoms with Crippen molar-refractivity contribution >= 4 is 34.4 Å². The number of anilines is 1. The van der Waals surface area contributed by atoms with Crippen LogP contribution < -0.4 is 25.4 Å². The highest BCUT2D eigenvalue weighted by molar-refractivity contribution is 6.10. The number of hydrogen-bond donors (Lipinski definition) is 4. The standard InChI is InChI=1S/C26H22N6O5/c33-21-12-36-20-6-5-14(7-18(20)32-21)9-28-26(35)24-23-22(30-13-31-24)17(11-27-23)25(34)29-10-16-8-15-3-1-2-4-19(15)37-16/h1-7,11,13,16,27H,8-10,12H2,(H,28,35)(H,29,34)(H,32,33). The Morgan fingerprint density at radius 3 is 2.84 bits per heavy atom. The van der Waals surface area contributed by atoms with Gasteiger partial charge in [-0.1, -0.05) is 24.3 Å². The summed E-state index contributed by atoms with van der Waals surface area (Å²) in [6.07, 6.45) is 3.35. The van der Waals surface area contributed by atoms with E-state index in [9.17, 15) is 14.4 Å². The van der Waals surface area contributed by atoms with E-state index in [0.717, 1.165) is 23.3 Å². The van der Waals surface area contributed by atoms with E-state index in [0.29, 0.717) is 34.6 Å². The third-order valence-electron chi connectivity index (χ3n) is 6.26.